The van der Waals surface area contributed by atoms with Crippen LogP contribution >= 0.6 is 0 Å². The van der Waals surface area contributed by atoms with Crippen LogP contribution in [0.3, 0.4) is 0 Å². The van der Waals surface area contributed by atoms with Gasteiger partial charge in [0.2, 0.25) is 0 Å². The lowest BCUT2D eigenvalue weighted by atomic mass is 10.0. The second-order valence-corrected chi connectivity index (χ2v) is 8.49. The van der Waals surface area contributed by atoms with Gasteiger partial charge in [-0.3, -0.25) is 19.7 Å². The molecule has 168 valence electrons. The molecule has 0 aromatic heterocycles. The molecule has 1 N–H and O–H groups in total. The largest absolute Gasteiger partial charge is 0.371 e. The number of anilines is 2. The van der Waals surface area contributed by atoms with Gasteiger partial charge in [-0.1, -0.05) is 6.07 Å². The van der Waals surface area contributed by atoms with Gasteiger partial charge in [-0.05, 0) is 63.3 Å². The van der Waals surface area contributed by atoms with Crippen LogP contribution in [0.5, 0.6) is 0 Å². The molecule has 0 unspecified atom stereocenters. The van der Waals surface area contributed by atoms with Gasteiger partial charge in [-0.15, -0.1) is 0 Å². The highest BCUT2D eigenvalue weighted by Crippen LogP contribution is 2.30. The van der Waals surface area contributed by atoms with Crippen LogP contribution in [-0.2, 0) is 0 Å². The normalized spacial score (nSPS) is 16.2. The SMILES string of the molecule is Cc1ccc(C(=O)Nc2ccc(N3CCCCC3)c(C(=O)N3CCCC3)c2)cc1[N+](=O)[O-]. The number of nitrogens with one attached hydrogen (secondary N) is 1. The summed E-state index contributed by atoms with van der Waals surface area (Å²) in [5, 5.41) is 14.0. The van der Waals surface area contributed by atoms with Gasteiger partial charge in [-0.2, -0.15) is 0 Å². The second kappa shape index (κ2) is 9.38. The maximum Gasteiger partial charge on any atom is 0.273 e. The summed E-state index contributed by atoms with van der Waals surface area (Å²) in [6, 6.07) is 9.85. The smallest absolute Gasteiger partial charge is 0.273 e. The minimum absolute atomic E-state index is 0.00912. The zero-order valence-corrected chi connectivity index (χ0v) is 18.3. The zero-order chi connectivity index (χ0) is 22.7. The maximum absolute atomic E-state index is 13.3. The van der Waals surface area contributed by atoms with E-state index in [9.17, 15) is 19.7 Å². The summed E-state index contributed by atoms with van der Waals surface area (Å²) >= 11 is 0. The van der Waals surface area contributed by atoms with Crippen molar-refractivity contribution in [2.45, 2.75) is 39.0 Å². The van der Waals surface area contributed by atoms with Gasteiger partial charge >= 0.3 is 0 Å². The summed E-state index contributed by atoms with van der Waals surface area (Å²) in [4.78, 5) is 40.9. The van der Waals surface area contributed by atoms with E-state index < -0.39 is 10.8 Å². The number of piperidine rings is 1. The zero-order valence-electron chi connectivity index (χ0n) is 18.3. The average Bonchev–Trinajstić information content (AvgIpc) is 3.34. The number of nitro benzene ring substituents is 1. The van der Waals surface area contributed by atoms with E-state index in [1.165, 1.54) is 12.5 Å². The number of carbonyl (C=O) groups is 2. The molecule has 0 saturated carbocycles. The highest BCUT2D eigenvalue weighted by molar-refractivity contribution is 6.06. The van der Waals surface area contributed by atoms with Crippen LogP contribution in [0.25, 0.3) is 0 Å². The maximum atomic E-state index is 13.3. The third kappa shape index (κ3) is 4.59. The van der Waals surface area contributed by atoms with Crippen LogP contribution < -0.4 is 10.2 Å². The van der Waals surface area contributed by atoms with E-state index in [0.29, 0.717) is 16.8 Å². The van der Waals surface area contributed by atoms with Crippen molar-refractivity contribution in [3.63, 3.8) is 0 Å². The first-order chi connectivity index (χ1) is 15.4. The van der Waals surface area contributed by atoms with Crippen LogP contribution in [0.2, 0.25) is 0 Å². The number of amides is 2. The molecule has 2 aliphatic rings. The second-order valence-electron chi connectivity index (χ2n) is 8.49. The molecular formula is C24H28N4O4. The molecule has 8 heteroatoms. The van der Waals surface area contributed by atoms with Gasteiger partial charge in [-0.25, -0.2) is 0 Å². The molecular weight excluding hydrogens is 408 g/mol. The van der Waals surface area contributed by atoms with Crippen molar-refractivity contribution in [3.8, 4) is 0 Å². The fourth-order valence-electron chi connectivity index (χ4n) is 4.44. The number of nitro groups is 1. The van der Waals surface area contributed by atoms with Gasteiger partial charge in [0.05, 0.1) is 10.5 Å². The molecule has 4 rings (SSSR count). The Bertz CT molecular complexity index is 1040. The number of nitrogens with zero attached hydrogens (tertiary/aromatic N) is 3. The molecule has 2 aromatic rings. The van der Waals surface area contributed by atoms with Gasteiger partial charge in [0, 0.05) is 54.7 Å². The molecule has 2 heterocycles. The van der Waals surface area contributed by atoms with E-state index >= 15 is 0 Å². The number of benzene rings is 2. The highest BCUT2D eigenvalue weighted by atomic mass is 16.6. The van der Waals surface area contributed by atoms with Crippen molar-refractivity contribution in [1.82, 2.24) is 4.90 Å². The number of hydrogen-bond donors (Lipinski definition) is 1. The molecule has 8 nitrogen and oxygen atoms in total. The van der Waals surface area contributed by atoms with Crippen molar-refractivity contribution in [3.05, 3.63) is 63.2 Å². The van der Waals surface area contributed by atoms with Crippen molar-refractivity contribution in [2.24, 2.45) is 0 Å². The Kier molecular flexibility index (Phi) is 6.39. The Morgan fingerprint density at radius 3 is 2.31 bits per heavy atom. The van der Waals surface area contributed by atoms with E-state index in [1.807, 2.05) is 11.0 Å². The molecule has 2 amide bonds. The molecule has 2 aromatic carbocycles. The first-order valence-electron chi connectivity index (χ1n) is 11.2. The van der Waals surface area contributed by atoms with Gasteiger partial charge in [0.15, 0.2) is 0 Å². The van der Waals surface area contributed by atoms with Crippen LogP contribution in [0.15, 0.2) is 36.4 Å². The molecule has 0 bridgehead atoms. The van der Waals surface area contributed by atoms with Crippen molar-refractivity contribution < 1.29 is 14.5 Å². The van der Waals surface area contributed by atoms with E-state index in [0.717, 1.165) is 57.5 Å². The third-order valence-corrected chi connectivity index (χ3v) is 6.24. The Morgan fingerprint density at radius 2 is 1.62 bits per heavy atom. The molecule has 2 saturated heterocycles. The molecule has 2 aliphatic heterocycles. The summed E-state index contributed by atoms with van der Waals surface area (Å²) in [6.07, 6.45) is 5.41. The predicted molar refractivity (Wildman–Crippen MR) is 123 cm³/mol. The monoisotopic (exact) mass is 436 g/mol. The van der Waals surface area contributed by atoms with Crippen LogP contribution in [0, 0.1) is 17.0 Å². The lowest BCUT2D eigenvalue weighted by molar-refractivity contribution is -0.385. The molecule has 0 radical (unpaired) electrons. The fraction of sp³-hybridized carbons (Fsp3) is 0.417. The van der Waals surface area contributed by atoms with E-state index in [1.54, 1.807) is 31.2 Å². The number of aryl methyl sites for hydroxylation is 1. The minimum atomic E-state index is -0.494. The summed E-state index contributed by atoms with van der Waals surface area (Å²) in [6.45, 7) is 4.97. The van der Waals surface area contributed by atoms with Crippen LogP contribution in [-0.4, -0.2) is 47.8 Å². The molecule has 2 fully saturated rings. The first-order valence-corrected chi connectivity index (χ1v) is 11.2. The lowest BCUT2D eigenvalue weighted by Gasteiger charge is -2.31. The third-order valence-electron chi connectivity index (χ3n) is 6.24. The van der Waals surface area contributed by atoms with Crippen molar-refractivity contribution in [2.75, 3.05) is 36.4 Å². The number of carbonyl (C=O) groups excluding carboxylic acids is 2. The van der Waals surface area contributed by atoms with Gasteiger partial charge in [0.1, 0.15) is 0 Å². The molecule has 0 aliphatic carbocycles. The van der Waals surface area contributed by atoms with Crippen LogP contribution in [0.1, 0.15) is 58.4 Å². The molecule has 0 atom stereocenters. The quantitative estimate of drug-likeness (QED) is 0.554. The number of hydrogen-bond acceptors (Lipinski definition) is 5. The summed E-state index contributed by atoms with van der Waals surface area (Å²) in [5.74, 6) is -0.455. The predicted octanol–water partition coefficient (Wildman–Crippen LogP) is 4.38. The van der Waals surface area contributed by atoms with Crippen molar-refractivity contribution >= 4 is 28.9 Å². The average molecular weight is 437 g/mol. The summed E-state index contributed by atoms with van der Waals surface area (Å²) in [7, 11) is 0. The number of rotatable bonds is 5. The summed E-state index contributed by atoms with van der Waals surface area (Å²) < 4.78 is 0. The van der Waals surface area contributed by atoms with E-state index in [4.69, 9.17) is 0 Å². The van der Waals surface area contributed by atoms with Gasteiger partial charge in [0.25, 0.3) is 17.5 Å². The Labute approximate surface area is 187 Å². The standard InChI is InChI=1S/C24H28N4O4/c1-17-7-8-18(15-22(17)28(31)32)23(29)25-19-9-10-21(26-11-3-2-4-12-26)20(16-19)24(30)27-13-5-6-14-27/h7-10,15-16H,2-6,11-14H2,1H3,(H,25,29). The molecule has 0 spiro atoms. The van der Waals surface area contributed by atoms with E-state index in [2.05, 4.69) is 10.2 Å². The number of likely N-dealkylation sites (tertiary alicyclic amines) is 1. The topological polar surface area (TPSA) is 95.8 Å². The Hall–Kier alpha value is -3.42. The van der Waals surface area contributed by atoms with Gasteiger partial charge < -0.3 is 15.1 Å². The highest BCUT2D eigenvalue weighted by Gasteiger charge is 2.25. The first kappa shape index (κ1) is 21.8. The Morgan fingerprint density at radius 1 is 0.938 bits per heavy atom. The van der Waals surface area contributed by atoms with Crippen LogP contribution in [0.4, 0.5) is 17.1 Å². The Balaban J connectivity index is 1.62. The summed E-state index contributed by atoms with van der Waals surface area (Å²) in [5.41, 5.74) is 2.61. The fourth-order valence-corrected chi connectivity index (χ4v) is 4.44. The minimum Gasteiger partial charge on any atom is -0.371 e. The molecule has 32 heavy (non-hydrogen) atoms. The van der Waals surface area contributed by atoms with Crippen molar-refractivity contribution in [1.29, 1.82) is 0 Å². The lowest BCUT2D eigenvalue weighted by Crippen LogP contribution is -2.34. The van der Waals surface area contributed by atoms with E-state index in [-0.39, 0.29) is 17.2 Å².